The molecular weight excluding hydrogens is 352 g/mol. The van der Waals surface area contributed by atoms with Gasteiger partial charge in [0.2, 0.25) is 15.9 Å². The average Bonchev–Trinajstić information content (AvgIpc) is 2.91. The summed E-state index contributed by atoms with van der Waals surface area (Å²) in [5, 5.41) is 4.71. The number of fused-ring (bicyclic) bond motifs is 1. The molecule has 0 atom stereocenters. The number of carbonyl (C=O) groups is 1. The Morgan fingerprint density at radius 3 is 2.87 bits per heavy atom. The molecule has 0 bridgehead atoms. The van der Waals surface area contributed by atoms with Crippen LogP contribution in [0.5, 0.6) is 0 Å². The number of nitrogens with one attached hydrogen (secondary N) is 2. The van der Waals surface area contributed by atoms with Crippen LogP contribution in [0.1, 0.15) is 10.4 Å². The van der Waals surface area contributed by atoms with Crippen LogP contribution in [0.2, 0.25) is 0 Å². The average molecular weight is 369 g/mol. The van der Waals surface area contributed by atoms with E-state index in [0.717, 1.165) is 4.90 Å². The van der Waals surface area contributed by atoms with Crippen LogP contribution in [-0.2, 0) is 21.2 Å². The smallest absolute Gasteiger partial charge is 0.240 e. The Labute approximate surface area is 143 Å². The van der Waals surface area contributed by atoms with Crippen LogP contribution in [0.4, 0.5) is 5.69 Å². The van der Waals surface area contributed by atoms with Crippen LogP contribution >= 0.6 is 23.1 Å². The monoisotopic (exact) mass is 368 g/mol. The lowest BCUT2D eigenvalue weighted by molar-refractivity contribution is -0.113. The summed E-state index contributed by atoms with van der Waals surface area (Å²) in [6.45, 7) is 2.37. The number of thiophene rings is 1. The predicted molar refractivity (Wildman–Crippen MR) is 93.7 cm³/mol. The number of amides is 1. The van der Waals surface area contributed by atoms with Crippen LogP contribution in [-0.4, -0.2) is 26.6 Å². The van der Waals surface area contributed by atoms with Gasteiger partial charge in [-0.25, -0.2) is 13.1 Å². The highest BCUT2D eigenvalue weighted by Gasteiger charge is 2.20. The molecule has 0 radical (unpaired) electrons. The number of aryl methyl sites for hydroxylation is 1. The first-order valence-corrected chi connectivity index (χ1v) is 10.4. The second-order valence-corrected chi connectivity index (χ2v) is 8.95. The van der Waals surface area contributed by atoms with E-state index in [2.05, 4.69) is 10.0 Å². The maximum Gasteiger partial charge on any atom is 0.240 e. The number of hydrogen-bond donors (Lipinski definition) is 2. The van der Waals surface area contributed by atoms with Crippen molar-refractivity contribution in [2.45, 2.75) is 23.1 Å². The van der Waals surface area contributed by atoms with E-state index < -0.39 is 10.0 Å². The molecule has 0 aliphatic carbocycles. The van der Waals surface area contributed by atoms with E-state index in [1.165, 1.54) is 28.3 Å². The van der Waals surface area contributed by atoms with Crippen LogP contribution in [0, 0.1) is 6.92 Å². The molecule has 1 aliphatic heterocycles. The Bertz CT molecular complexity index is 843. The minimum absolute atomic E-state index is 0.113. The Kier molecular flexibility index (Phi) is 4.77. The van der Waals surface area contributed by atoms with Crippen molar-refractivity contribution in [1.82, 2.24) is 4.72 Å². The highest BCUT2D eigenvalue weighted by Crippen LogP contribution is 2.33. The summed E-state index contributed by atoms with van der Waals surface area (Å²) in [4.78, 5) is 13.7. The van der Waals surface area contributed by atoms with Gasteiger partial charge in [-0.3, -0.25) is 4.79 Å². The lowest BCUT2D eigenvalue weighted by Crippen LogP contribution is -2.26. The molecule has 3 rings (SSSR count). The molecular formula is C15H16N2O3S3. The zero-order valence-corrected chi connectivity index (χ0v) is 14.9. The molecule has 0 spiro atoms. The number of carbonyl (C=O) groups excluding carboxylic acids is 1. The van der Waals surface area contributed by atoms with Crippen molar-refractivity contribution in [2.24, 2.45) is 0 Å². The number of sulfonamides is 1. The number of thioether (sulfide) groups is 1. The largest absolute Gasteiger partial charge is 0.324 e. The summed E-state index contributed by atoms with van der Waals surface area (Å²) < 4.78 is 27.4. The summed E-state index contributed by atoms with van der Waals surface area (Å²) >= 11 is 3.04. The molecule has 2 aromatic rings. The van der Waals surface area contributed by atoms with Crippen molar-refractivity contribution in [1.29, 1.82) is 0 Å². The van der Waals surface area contributed by atoms with Gasteiger partial charge in [0, 0.05) is 16.3 Å². The first kappa shape index (κ1) is 16.5. The molecule has 0 saturated carbocycles. The third-order valence-corrected chi connectivity index (χ3v) is 7.12. The van der Waals surface area contributed by atoms with Crippen molar-refractivity contribution >= 4 is 44.7 Å². The Balaban J connectivity index is 1.71. The number of anilines is 1. The molecule has 2 heterocycles. The summed E-state index contributed by atoms with van der Waals surface area (Å²) in [6.07, 6.45) is 0.667. The van der Waals surface area contributed by atoms with Gasteiger partial charge in [0.15, 0.2) is 0 Å². The molecule has 1 aromatic heterocycles. The number of benzene rings is 1. The van der Waals surface area contributed by atoms with Crippen LogP contribution in [0.25, 0.3) is 0 Å². The Hall–Kier alpha value is -1.35. The minimum atomic E-state index is -3.58. The zero-order valence-electron chi connectivity index (χ0n) is 12.5. The highest BCUT2D eigenvalue weighted by molar-refractivity contribution is 8.00. The van der Waals surface area contributed by atoms with Gasteiger partial charge in [0.05, 0.1) is 16.3 Å². The normalized spacial score (nSPS) is 14.4. The van der Waals surface area contributed by atoms with Crippen LogP contribution in [0.15, 0.2) is 39.4 Å². The fourth-order valence-corrected chi connectivity index (χ4v) is 5.03. The molecule has 122 valence electrons. The van der Waals surface area contributed by atoms with E-state index in [1.54, 1.807) is 23.5 Å². The lowest BCUT2D eigenvalue weighted by Gasteiger charge is -2.17. The summed E-state index contributed by atoms with van der Waals surface area (Å²) in [6, 6.07) is 6.84. The quantitative estimate of drug-likeness (QED) is 0.851. The zero-order chi connectivity index (χ0) is 16.4. The lowest BCUT2D eigenvalue weighted by atomic mass is 10.2. The molecule has 0 saturated heterocycles. The maximum atomic E-state index is 12.4. The number of rotatable bonds is 5. The van der Waals surface area contributed by atoms with E-state index in [0.29, 0.717) is 24.4 Å². The first-order chi connectivity index (χ1) is 11.0. The molecule has 0 unspecified atom stereocenters. The van der Waals surface area contributed by atoms with E-state index in [1.807, 2.05) is 18.4 Å². The SMILES string of the molecule is Cc1ccsc1CCNS(=O)(=O)c1ccc2c(c1)NC(=O)CS2. The minimum Gasteiger partial charge on any atom is -0.324 e. The molecule has 0 fully saturated rings. The fraction of sp³-hybridized carbons (Fsp3) is 0.267. The van der Waals surface area contributed by atoms with Gasteiger partial charge in [0.25, 0.3) is 0 Å². The second kappa shape index (κ2) is 6.64. The topological polar surface area (TPSA) is 75.3 Å². The third kappa shape index (κ3) is 3.77. The summed E-state index contributed by atoms with van der Waals surface area (Å²) in [5.41, 5.74) is 1.74. The van der Waals surface area contributed by atoms with Crippen molar-refractivity contribution in [3.05, 3.63) is 40.1 Å². The Morgan fingerprint density at radius 2 is 2.13 bits per heavy atom. The van der Waals surface area contributed by atoms with Gasteiger partial charge in [0.1, 0.15) is 0 Å². The van der Waals surface area contributed by atoms with Crippen LogP contribution in [0.3, 0.4) is 0 Å². The van der Waals surface area contributed by atoms with Gasteiger partial charge >= 0.3 is 0 Å². The molecule has 2 N–H and O–H groups in total. The van der Waals surface area contributed by atoms with Gasteiger partial charge in [-0.15, -0.1) is 23.1 Å². The maximum absolute atomic E-state index is 12.4. The van der Waals surface area contributed by atoms with Crippen molar-refractivity contribution in [2.75, 3.05) is 17.6 Å². The molecule has 5 nitrogen and oxygen atoms in total. The van der Waals surface area contributed by atoms with Crippen molar-refractivity contribution < 1.29 is 13.2 Å². The van der Waals surface area contributed by atoms with Crippen molar-refractivity contribution in [3.8, 4) is 0 Å². The van der Waals surface area contributed by atoms with Gasteiger partial charge in [-0.2, -0.15) is 0 Å². The second-order valence-electron chi connectivity index (χ2n) is 5.17. The van der Waals surface area contributed by atoms with Gasteiger partial charge < -0.3 is 5.32 Å². The molecule has 23 heavy (non-hydrogen) atoms. The standard InChI is InChI=1S/C15H16N2O3S3/c1-10-5-7-21-13(10)4-6-16-23(19,20)11-2-3-14-12(8-11)17-15(18)9-22-14/h2-3,5,7-8,16H,4,6,9H2,1H3,(H,17,18). The fourth-order valence-electron chi connectivity index (χ4n) is 2.27. The first-order valence-electron chi connectivity index (χ1n) is 7.05. The third-order valence-electron chi connectivity index (χ3n) is 3.51. The molecule has 8 heteroatoms. The predicted octanol–water partition coefficient (Wildman–Crippen LogP) is 2.62. The van der Waals surface area contributed by atoms with Gasteiger partial charge in [-0.1, -0.05) is 0 Å². The highest BCUT2D eigenvalue weighted by atomic mass is 32.2. The van der Waals surface area contributed by atoms with Crippen molar-refractivity contribution in [3.63, 3.8) is 0 Å². The molecule has 1 aliphatic rings. The Morgan fingerprint density at radius 1 is 1.30 bits per heavy atom. The van der Waals surface area contributed by atoms with Crippen LogP contribution < -0.4 is 10.0 Å². The molecule has 1 amide bonds. The summed E-state index contributed by atoms with van der Waals surface area (Å²) in [7, 11) is -3.58. The van der Waals surface area contributed by atoms with E-state index in [9.17, 15) is 13.2 Å². The van der Waals surface area contributed by atoms with E-state index in [-0.39, 0.29) is 10.8 Å². The number of hydrogen-bond acceptors (Lipinski definition) is 5. The van der Waals surface area contributed by atoms with E-state index in [4.69, 9.17) is 0 Å². The van der Waals surface area contributed by atoms with Gasteiger partial charge in [-0.05, 0) is 48.6 Å². The van der Waals surface area contributed by atoms with E-state index >= 15 is 0 Å². The molecule has 1 aromatic carbocycles. The summed E-state index contributed by atoms with van der Waals surface area (Å²) in [5.74, 6) is 0.246.